The minimum absolute atomic E-state index is 1.18. The van der Waals surface area contributed by atoms with Gasteiger partial charge >= 0.3 is 0 Å². The third-order valence-corrected chi connectivity index (χ3v) is 17.6. The smallest absolute Gasteiger partial charge is 0.0707 e. The molecule has 0 fully saturated rings. The summed E-state index contributed by atoms with van der Waals surface area (Å²) in [4.78, 5) is 5.88. The van der Waals surface area contributed by atoms with Crippen molar-refractivity contribution in [1.82, 2.24) is 9.13 Å². The fourth-order valence-corrected chi connectivity index (χ4v) is 13.9. The van der Waals surface area contributed by atoms with Crippen molar-refractivity contribution in [3.05, 3.63) is 33.3 Å². The predicted octanol–water partition coefficient (Wildman–Crippen LogP) is 19.6. The van der Waals surface area contributed by atoms with E-state index >= 15 is 0 Å². The molecule has 0 unspecified atom stereocenters. The molecule has 0 aliphatic carbocycles. The summed E-state index contributed by atoms with van der Waals surface area (Å²) in [6, 6.07) is 0. The molecule has 0 radical (unpaired) electrons. The van der Waals surface area contributed by atoms with E-state index < -0.39 is 0 Å². The van der Waals surface area contributed by atoms with E-state index in [0.717, 1.165) is 0 Å². The number of aromatic nitrogens is 2. The first-order valence-corrected chi connectivity index (χ1v) is 27.9. The Balaban J connectivity index is 0.918. The second-order valence-corrected chi connectivity index (χ2v) is 22.2. The van der Waals surface area contributed by atoms with Gasteiger partial charge in [-0.05, 0) is 12.8 Å². The quantitative estimate of drug-likeness (QED) is 0.0623. The molecule has 320 valence electrons. The van der Waals surface area contributed by atoms with Gasteiger partial charge in [0.05, 0.1) is 8.47 Å². The van der Waals surface area contributed by atoms with Gasteiger partial charge in [0.1, 0.15) is 0 Å². The molecule has 0 aromatic carbocycles. The van der Waals surface area contributed by atoms with Gasteiger partial charge in [0.15, 0.2) is 0 Å². The molecule has 0 atom stereocenters. The van der Waals surface area contributed by atoms with Gasteiger partial charge in [-0.15, -0.1) is 0 Å². The molecule has 2 aliphatic heterocycles. The number of fused-ring (bicyclic) bond motifs is 2. The van der Waals surface area contributed by atoms with Crippen LogP contribution in [0.4, 0.5) is 0 Å². The summed E-state index contributed by atoms with van der Waals surface area (Å²) in [5.41, 5.74) is 0. The predicted molar refractivity (Wildman–Crippen MR) is 257 cm³/mol. The molecule has 0 amide bonds. The summed E-state index contributed by atoms with van der Waals surface area (Å²) in [5.74, 6) is 0. The highest BCUT2D eigenvalue weighted by Crippen LogP contribution is 2.61. The van der Waals surface area contributed by atoms with E-state index in [-0.39, 0.29) is 0 Å². The second-order valence-electron chi connectivity index (χ2n) is 17.5. The van der Waals surface area contributed by atoms with Crippen LogP contribution in [0.1, 0.15) is 245 Å². The topological polar surface area (TPSA) is 9.86 Å². The maximum absolute atomic E-state index is 2.46. The lowest BCUT2D eigenvalue weighted by atomic mass is 10.0. The molecule has 4 rings (SSSR count). The van der Waals surface area contributed by atoms with Crippen LogP contribution in [0.3, 0.4) is 0 Å². The first-order chi connectivity index (χ1) is 27.8. The zero-order chi connectivity index (χ0) is 39.1. The largest absolute Gasteiger partial charge is 0.352 e. The van der Waals surface area contributed by atoms with E-state index in [4.69, 9.17) is 0 Å². The Labute approximate surface area is 364 Å². The zero-order valence-electron chi connectivity index (χ0n) is 36.7. The molecule has 56 heavy (non-hydrogen) atoms. The van der Waals surface area contributed by atoms with Crippen molar-refractivity contribution >= 4 is 47.0 Å². The average Bonchev–Trinajstić information content (AvgIpc) is 3.97. The summed E-state index contributed by atoms with van der Waals surface area (Å²) in [6.07, 6.45) is 61.5. The fraction of sp³-hybridized carbons (Fsp3) is 0.800. The molecule has 2 aliphatic rings. The van der Waals surface area contributed by atoms with Crippen LogP contribution in [0.25, 0.3) is 0 Å². The number of unbranched alkanes of at least 4 members (excludes halogenated alkanes) is 34. The van der Waals surface area contributed by atoms with Crippen LogP contribution in [0.2, 0.25) is 0 Å². The highest BCUT2D eigenvalue weighted by Gasteiger charge is 2.29. The van der Waals surface area contributed by atoms with Gasteiger partial charge in [-0.1, -0.05) is 279 Å². The maximum Gasteiger partial charge on any atom is 0.0707 e. The minimum atomic E-state index is 1.18. The van der Waals surface area contributed by atoms with Crippen LogP contribution in [0, 0.1) is 0 Å². The highest BCUT2D eigenvalue weighted by molar-refractivity contribution is 8.30. The Bertz CT molecular complexity index is 1130. The normalized spacial score (nSPS) is 13.8. The number of rotatable bonds is 38. The van der Waals surface area contributed by atoms with E-state index in [1.165, 1.54) is 272 Å². The van der Waals surface area contributed by atoms with Crippen LogP contribution in [-0.4, -0.2) is 9.13 Å². The summed E-state index contributed by atoms with van der Waals surface area (Å²) >= 11 is 8.02. The number of aryl methyl sites for hydroxylation is 2. The molecule has 0 spiro atoms. The van der Waals surface area contributed by atoms with E-state index in [2.05, 4.69) is 47.8 Å². The lowest BCUT2D eigenvalue weighted by Crippen LogP contribution is -1.94. The molecular formula is C50H86N2S4. The molecule has 0 bridgehead atoms. The van der Waals surface area contributed by atoms with Crippen molar-refractivity contribution < 1.29 is 0 Å². The molecule has 0 saturated carbocycles. The summed E-state index contributed by atoms with van der Waals surface area (Å²) in [7, 11) is 0. The van der Waals surface area contributed by atoms with Crippen molar-refractivity contribution in [2.45, 2.75) is 278 Å². The van der Waals surface area contributed by atoms with Gasteiger partial charge in [0, 0.05) is 57.5 Å². The SMILES string of the molecule is CCCCCCCCCCCCCCCCCCCCn1cc2c(c1)SC(=C1Sc3cn(CCCCCCCCCCCCCCCCCCCC)cc3S1)S2. The molecule has 6 heteroatoms. The third-order valence-electron chi connectivity index (χ3n) is 12.1. The lowest BCUT2D eigenvalue weighted by Gasteiger charge is -2.06. The van der Waals surface area contributed by atoms with Gasteiger partial charge in [0.25, 0.3) is 0 Å². The maximum atomic E-state index is 2.46. The van der Waals surface area contributed by atoms with Crippen molar-refractivity contribution in [2.75, 3.05) is 0 Å². The lowest BCUT2D eigenvalue weighted by molar-refractivity contribution is 0.518. The number of hydrogen-bond acceptors (Lipinski definition) is 4. The molecule has 4 heterocycles. The summed E-state index contributed by atoms with van der Waals surface area (Å²) in [5, 5.41) is 0. The Kier molecular flexibility index (Phi) is 28.0. The first kappa shape index (κ1) is 48.4. The Hall–Kier alpha value is -0.300. The van der Waals surface area contributed by atoms with Crippen molar-refractivity contribution in [2.24, 2.45) is 0 Å². The van der Waals surface area contributed by atoms with Gasteiger partial charge in [0.2, 0.25) is 0 Å². The minimum Gasteiger partial charge on any atom is -0.352 e. The monoisotopic (exact) mass is 843 g/mol. The number of thioether (sulfide) groups is 4. The highest BCUT2D eigenvalue weighted by atomic mass is 32.2. The van der Waals surface area contributed by atoms with Gasteiger partial charge in [-0.25, -0.2) is 0 Å². The first-order valence-electron chi connectivity index (χ1n) is 24.6. The van der Waals surface area contributed by atoms with Crippen molar-refractivity contribution in [3.8, 4) is 0 Å². The summed E-state index contributed by atoms with van der Waals surface area (Å²) in [6.45, 7) is 6.97. The number of hydrogen-bond donors (Lipinski definition) is 0. The summed E-state index contributed by atoms with van der Waals surface area (Å²) < 4.78 is 7.92. The Morgan fingerprint density at radius 1 is 0.268 bits per heavy atom. The molecule has 2 nitrogen and oxygen atoms in total. The molecule has 0 N–H and O–H groups in total. The fourth-order valence-electron chi connectivity index (χ4n) is 8.50. The number of nitrogens with zero attached hydrogens (tertiary/aromatic N) is 2. The van der Waals surface area contributed by atoms with E-state index in [1.54, 1.807) is 0 Å². The van der Waals surface area contributed by atoms with Crippen LogP contribution < -0.4 is 0 Å². The van der Waals surface area contributed by atoms with Crippen LogP contribution in [0.5, 0.6) is 0 Å². The third kappa shape index (κ3) is 21.3. The van der Waals surface area contributed by atoms with E-state index in [1.807, 2.05) is 47.0 Å². The van der Waals surface area contributed by atoms with Crippen molar-refractivity contribution in [3.63, 3.8) is 0 Å². The van der Waals surface area contributed by atoms with Gasteiger partial charge in [-0.3, -0.25) is 0 Å². The van der Waals surface area contributed by atoms with Crippen molar-refractivity contribution in [1.29, 1.82) is 0 Å². The van der Waals surface area contributed by atoms with E-state index in [0.29, 0.717) is 0 Å². The Morgan fingerprint density at radius 3 is 0.643 bits per heavy atom. The standard InChI is InChI=1S/C50H86N2S4/c1-3-5-7-9-11-13-15-17-19-21-23-25-27-29-31-33-35-37-39-51-41-45-46(42-51)54-49(53-45)50-55-47-43-52(44-48(47)56-50)40-38-36-34-32-30-28-26-24-22-20-18-16-14-12-10-8-6-4-2/h41-44H,3-40H2,1-2H3. The van der Waals surface area contributed by atoms with Gasteiger partial charge < -0.3 is 9.13 Å². The molecular weight excluding hydrogens is 757 g/mol. The average molecular weight is 844 g/mol. The zero-order valence-corrected chi connectivity index (χ0v) is 40.0. The molecule has 2 aromatic rings. The van der Waals surface area contributed by atoms with Crippen LogP contribution in [0.15, 0.2) is 52.8 Å². The molecule has 0 saturated heterocycles. The Morgan fingerprint density at radius 2 is 0.446 bits per heavy atom. The van der Waals surface area contributed by atoms with Gasteiger partial charge in [-0.2, -0.15) is 0 Å². The second kappa shape index (κ2) is 32.5. The van der Waals surface area contributed by atoms with Crippen LogP contribution in [-0.2, 0) is 13.1 Å². The van der Waals surface area contributed by atoms with E-state index in [9.17, 15) is 0 Å². The molecule has 2 aromatic heterocycles. The van der Waals surface area contributed by atoms with Crippen LogP contribution >= 0.6 is 47.0 Å².